The van der Waals surface area contributed by atoms with Crippen molar-refractivity contribution in [1.29, 1.82) is 0 Å². The van der Waals surface area contributed by atoms with Gasteiger partial charge in [0.05, 0.1) is 5.52 Å². The fourth-order valence-electron chi connectivity index (χ4n) is 2.05. The predicted molar refractivity (Wildman–Crippen MR) is 82.8 cm³/mol. The standard InChI is InChI=1S/C15H17N.C2H6/c1-3-5-6-11-16-12-10-14-9-7-8-13(4-2)15(14)16;1-2/h3-4,7-10,12H,1-2,5-6,11H2;1-2H3. The Kier molecular flexibility index (Phi) is 5.99. The minimum Gasteiger partial charge on any atom is -0.347 e. The highest BCUT2D eigenvalue weighted by atomic mass is 14.9. The number of rotatable bonds is 5. The lowest BCUT2D eigenvalue weighted by Gasteiger charge is -2.06. The molecule has 1 heterocycles. The lowest BCUT2D eigenvalue weighted by atomic mass is 10.1. The zero-order valence-electron chi connectivity index (χ0n) is 11.5. The van der Waals surface area contributed by atoms with E-state index in [4.69, 9.17) is 0 Å². The molecule has 0 unspecified atom stereocenters. The molecule has 0 spiro atoms. The van der Waals surface area contributed by atoms with E-state index in [9.17, 15) is 0 Å². The van der Waals surface area contributed by atoms with E-state index in [1.165, 1.54) is 16.5 Å². The van der Waals surface area contributed by atoms with Gasteiger partial charge in [0.1, 0.15) is 0 Å². The topological polar surface area (TPSA) is 4.93 Å². The van der Waals surface area contributed by atoms with Gasteiger partial charge in [0.25, 0.3) is 0 Å². The van der Waals surface area contributed by atoms with Crippen LogP contribution < -0.4 is 0 Å². The largest absolute Gasteiger partial charge is 0.347 e. The van der Waals surface area contributed by atoms with Crippen LogP contribution in [-0.2, 0) is 6.54 Å². The van der Waals surface area contributed by atoms with Crippen molar-refractivity contribution in [2.75, 3.05) is 0 Å². The van der Waals surface area contributed by atoms with Crippen LogP contribution in [0.15, 0.2) is 49.7 Å². The molecular weight excluding hydrogens is 218 g/mol. The van der Waals surface area contributed by atoms with E-state index in [1.54, 1.807) is 0 Å². The third kappa shape index (κ3) is 3.13. The van der Waals surface area contributed by atoms with E-state index in [-0.39, 0.29) is 0 Å². The highest BCUT2D eigenvalue weighted by molar-refractivity contribution is 5.88. The number of hydrogen-bond acceptors (Lipinski definition) is 0. The number of allylic oxidation sites excluding steroid dienone is 1. The monoisotopic (exact) mass is 241 g/mol. The van der Waals surface area contributed by atoms with Crippen molar-refractivity contribution < 1.29 is 0 Å². The number of benzene rings is 1. The van der Waals surface area contributed by atoms with Gasteiger partial charge >= 0.3 is 0 Å². The Morgan fingerprint density at radius 2 is 1.94 bits per heavy atom. The minimum absolute atomic E-state index is 1.04. The van der Waals surface area contributed by atoms with Gasteiger partial charge < -0.3 is 4.57 Å². The molecule has 0 aliphatic rings. The number of nitrogens with zero attached hydrogens (tertiary/aromatic N) is 1. The van der Waals surface area contributed by atoms with E-state index in [0.717, 1.165) is 19.4 Å². The molecule has 0 aliphatic carbocycles. The van der Waals surface area contributed by atoms with Crippen LogP contribution in [0, 0.1) is 0 Å². The number of unbranched alkanes of at least 4 members (excludes halogenated alkanes) is 1. The number of para-hydroxylation sites is 1. The molecule has 0 aliphatic heterocycles. The van der Waals surface area contributed by atoms with Gasteiger partial charge in [-0.1, -0.05) is 50.8 Å². The van der Waals surface area contributed by atoms with Crippen molar-refractivity contribution in [3.8, 4) is 0 Å². The molecule has 2 rings (SSSR count). The molecule has 1 heteroatoms. The molecule has 0 N–H and O–H groups in total. The van der Waals surface area contributed by atoms with E-state index in [0.29, 0.717) is 0 Å². The summed E-state index contributed by atoms with van der Waals surface area (Å²) in [6.07, 6.45) is 8.25. The highest BCUT2D eigenvalue weighted by Crippen LogP contribution is 2.21. The quantitative estimate of drug-likeness (QED) is 0.496. The normalized spacial score (nSPS) is 9.67. The molecule has 0 bridgehead atoms. The first-order valence-electron chi connectivity index (χ1n) is 6.68. The molecule has 0 radical (unpaired) electrons. The molecule has 0 saturated heterocycles. The highest BCUT2D eigenvalue weighted by Gasteiger charge is 2.03. The minimum atomic E-state index is 1.04. The van der Waals surface area contributed by atoms with Gasteiger partial charge in [-0.2, -0.15) is 0 Å². The lowest BCUT2D eigenvalue weighted by molar-refractivity contribution is 0.671. The molecule has 0 amide bonds. The zero-order chi connectivity index (χ0) is 13.4. The summed E-state index contributed by atoms with van der Waals surface area (Å²) in [5.74, 6) is 0. The van der Waals surface area contributed by atoms with Crippen molar-refractivity contribution in [3.05, 3.63) is 55.3 Å². The van der Waals surface area contributed by atoms with Crippen LogP contribution in [0.4, 0.5) is 0 Å². The van der Waals surface area contributed by atoms with E-state index >= 15 is 0 Å². The maximum atomic E-state index is 3.87. The second kappa shape index (κ2) is 7.54. The summed E-state index contributed by atoms with van der Waals surface area (Å²) in [7, 11) is 0. The molecule has 1 nitrogen and oxygen atoms in total. The lowest BCUT2D eigenvalue weighted by Crippen LogP contribution is -1.96. The number of aryl methyl sites for hydroxylation is 1. The summed E-state index contributed by atoms with van der Waals surface area (Å²) in [5.41, 5.74) is 2.50. The SMILES string of the molecule is C=CCCCn1ccc2cccc(C=C)c21.CC. The first-order chi connectivity index (χ1) is 8.86. The van der Waals surface area contributed by atoms with Gasteiger partial charge in [-0.05, 0) is 24.5 Å². The Hall–Kier alpha value is -1.76. The van der Waals surface area contributed by atoms with Crippen molar-refractivity contribution in [2.24, 2.45) is 0 Å². The van der Waals surface area contributed by atoms with Crippen molar-refractivity contribution in [3.63, 3.8) is 0 Å². The molecule has 18 heavy (non-hydrogen) atoms. The van der Waals surface area contributed by atoms with Crippen LogP contribution in [0.3, 0.4) is 0 Å². The van der Waals surface area contributed by atoms with Crippen LogP contribution in [0.5, 0.6) is 0 Å². The Bertz CT molecular complexity index is 505. The fourth-order valence-corrected chi connectivity index (χ4v) is 2.05. The second-order valence-corrected chi connectivity index (χ2v) is 3.93. The molecule has 1 aromatic carbocycles. The van der Waals surface area contributed by atoms with Crippen LogP contribution in [0.25, 0.3) is 17.0 Å². The number of fused-ring (bicyclic) bond motifs is 1. The van der Waals surface area contributed by atoms with Crippen molar-refractivity contribution >= 4 is 17.0 Å². The van der Waals surface area contributed by atoms with E-state index in [1.807, 2.05) is 26.0 Å². The zero-order valence-corrected chi connectivity index (χ0v) is 11.5. The first-order valence-corrected chi connectivity index (χ1v) is 6.68. The maximum Gasteiger partial charge on any atom is 0.0553 e. The fraction of sp³-hybridized carbons (Fsp3) is 0.294. The Morgan fingerprint density at radius 1 is 1.17 bits per heavy atom. The molecule has 0 fully saturated rings. The van der Waals surface area contributed by atoms with Gasteiger partial charge in [0.2, 0.25) is 0 Å². The molecule has 0 saturated carbocycles. The Morgan fingerprint density at radius 3 is 2.61 bits per heavy atom. The molecule has 0 atom stereocenters. The van der Waals surface area contributed by atoms with Crippen molar-refractivity contribution in [1.82, 2.24) is 4.57 Å². The first kappa shape index (κ1) is 14.3. The van der Waals surface area contributed by atoms with Gasteiger partial charge in [-0.15, -0.1) is 6.58 Å². The third-order valence-electron chi connectivity index (χ3n) is 2.85. The third-order valence-corrected chi connectivity index (χ3v) is 2.85. The summed E-state index contributed by atoms with van der Waals surface area (Å²) in [6.45, 7) is 12.7. The molecule has 1 aromatic heterocycles. The van der Waals surface area contributed by atoms with Gasteiger partial charge in [0.15, 0.2) is 0 Å². The molecular formula is C17H23N. The van der Waals surface area contributed by atoms with Gasteiger partial charge in [-0.25, -0.2) is 0 Å². The summed E-state index contributed by atoms with van der Waals surface area (Å²) < 4.78 is 2.30. The average molecular weight is 241 g/mol. The predicted octanol–water partition coefficient (Wildman–Crippen LogP) is 5.28. The van der Waals surface area contributed by atoms with Crippen molar-refractivity contribution in [2.45, 2.75) is 33.2 Å². The molecule has 2 aromatic rings. The van der Waals surface area contributed by atoms with E-state index in [2.05, 4.69) is 48.2 Å². The van der Waals surface area contributed by atoms with Crippen LogP contribution >= 0.6 is 0 Å². The summed E-state index contributed by atoms with van der Waals surface area (Å²) in [6, 6.07) is 8.50. The summed E-state index contributed by atoms with van der Waals surface area (Å²) in [4.78, 5) is 0. The Balaban J connectivity index is 0.000000771. The second-order valence-electron chi connectivity index (χ2n) is 3.93. The summed E-state index contributed by atoms with van der Waals surface area (Å²) >= 11 is 0. The van der Waals surface area contributed by atoms with Crippen LogP contribution in [0.1, 0.15) is 32.3 Å². The van der Waals surface area contributed by atoms with Gasteiger partial charge in [0, 0.05) is 18.1 Å². The molecule has 96 valence electrons. The number of hydrogen-bond donors (Lipinski definition) is 0. The number of aromatic nitrogens is 1. The Labute approximate surface area is 110 Å². The van der Waals surface area contributed by atoms with Gasteiger partial charge in [-0.3, -0.25) is 0 Å². The average Bonchev–Trinajstić information content (AvgIpc) is 2.85. The van der Waals surface area contributed by atoms with Crippen LogP contribution in [-0.4, -0.2) is 4.57 Å². The smallest absolute Gasteiger partial charge is 0.0553 e. The van der Waals surface area contributed by atoms with Crippen LogP contribution in [0.2, 0.25) is 0 Å². The maximum absolute atomic E-state index is 3.87. The summed E-state index contributed by atoms with van der Waals surface area (Å²) in [5, 5.41) is 1.29. The van der Waals surface area contributed by atoms with E-state index < -0.39 is 0 Å².